The monoisotopic (exact) mass is 1280 g/mol. The average Bonchev–Trinajstić information content (AvgIpc) is 1.81. The minimum atomic E-state index is -3.67. The predicted octanol–water partition coefficient (Wildman–Crippen LogP) is 8.41. The number of aromatic nitrogens is 4. The number of fused-ring (bicyclic) bond motifs is 2. The zero-order valence-corrected chi connectivity index (χ0v) is 50.8. The van der Waals surface area contributed by atoms with Crippen molar-refractivity contribution in [2.24, 2.45) is 16.0 Å². The summed E-state index contributed by atoms with van der Waals surface area (Å²) < 4.78 is 85.5. The number of nitro groups is 2. The third-order valence-corrected chi connectivity index (χ3v) is 13.3. The van der Waals surface area contributed by atoms with E-state index < -0.39 is 52.0 Å². The number of rotatable bonds is 9. The number of nitrogens with two attached hydrogens (primary N) is 4. The van der Waals surface area contributed by atoms with Gasteiger partial charge in [-0.2, -0.15) is 29.6 Å². The van der Waals surface area contributed by atoms with E-state index in [0.717, 1.165) is 42.3 Å². The first-order valence-corrected chi connectivity index (χ1v) is 29.6. The van der Waals surface area contributed by atoms with E-state index in [1.807, 2.05) is 70.2 Å². The summed E-state index contributed by atoms with van der Waals surface area (Å²) in [4.78, 5) is 43.1. The maximum absolute atomic E-state index is 12.7. The second-order valence-corrected chi connectivity index (χ2v) is 20.8. The molecule has 0 saturated carbocycles. The molecule has 4 heterocycles. The lowest BCUT2D eigenvalue weighted by molar-refractivity contribution is -0.387. The first-order valence-electron chi connectivity index (χ1n) is 24.4. The lowest BCUT2D eigenvalue weighted by Crippen LogP contribution is -2.35. The van der Waals surface area contributed by atoms with Crippen molar-refractivity contribution < 1.29 is 49.4 Å². The van der Waals surface area contributed by atoms with Crippen molar-refractivity contribution in [1.29, 1.82) is 0 Å². The molecule has 5 aromatic carbocycles. The number of nitrogen functional groups attached to an aromatic ring is 1. The first kappa shape index (κ1) is 76.3. The largest absolute Gasteiger partial charge is 0.483 e. The standard InChI is InChI=1S/C13H14N4O2S.C8H10N2O2S.C8H10N2O2.C8H12N2.C6H4FNO2.C4H2Cl2N2.C2H7N.CH2O2.H4N2O2S.H3N/c1-3-16-11-6-4-5-7-12(11)17(20(16,18)19)13-8-9-14-10(2)15-13;1-2-10-8-6-4-3-5-7(8)9-13(10,11)12;1-2-9-7-5-3-4-6-8(7)10(11)12;1-2-10-8-6-4-3-5-7(8)9;7-5-3-1-2-4-6(5)8(9)10;5-3-1-2-7-4(6)8-3;1-2-3;2-1-3;1-5(2,3)4;/h4-9H,3H2,1-2H3;3-6,9H,2H2,1H3;3-6,9H,2H2,1H3;3-6,10H,2,9H2,1H3;1-4H;1-2H;2-3H2,1H3;1H,(H,2,3);(H4,1,2,3,4);1H3. The van der Waals surface area contributed by atoms with Crippen LogP contribution in [0.4, 0.5) is 61.4 Å². The molecule has 35 heteroatoms. The van der Waals surface area contributed by atoms with Gasteiger partial charge < -0.3 is 33.4 Å². The van der Waals surface area contributed by atoms with E-state index in [9.17, 15) is 49.9 Å². The zero-order valence-electron chi connectivity index (χ0n) is 46.8. The highest BCUT2D eigenvalue weighted by Crippen LogP contribution is 2.44. The van der Waals surface area contributed by atoms with Gasteiger partial charge in [-0.15, -0.1) is 0 Å². The molecule has 2 aromatic heterocycles. The van der Waals surface area contributed by atoms with E-state index in [2.05, 4.69) is 45.6 Å². The van der Waals surface area contributed by atoms with Gasteiger partial charge in [0.05, 0.1) is 44.0 Å². The molecule has 29 nitrogen and oxygen atoms in total. The number of nitro benzene ring substituents is 2. The van der Waals surface area contributed by atoms with Gasteiger partial charge in [-0.25, -0.2) is 34.5 Å². The minimum absolute atomic E-state index is 0. The van der Waals surface area contributed by atoms with E-state index >= 15 is 0 Å². The number of nitrogens with zero attached hydrogens (tertiary/aromatic N) is 9. The fourth-order valence-electron chi connectivity index (χ4n) is 6.50. The van der Waals surface area contributed by atoms with Crippen molar-refractivity contribution in [1.82, 2.24) is 26.1 Å². The maximum Gasteiger partial charge on any atom is 0.332 e. The lowest BCUT2D eigenvalue weighted by atomic mass is 10.2. The number of aryl methyl sites for hydroxylation is 1. The van der Waals surface area contributed by atoms with Crippen LogP contribution in [0, 0.1) is 33.0 Å². The Hall–Kier alpha value is -8.67. The summed E-state index contributed by atoms with van der Waals surface area (Å²) in [6.07, 6.45) is 3.06. The highest BCUT2D eigenvalue weighted by atomic mass is 35.5. The third kappa shape index (κ3) is 26.6. The Kier molecular flexibility index (Phi) is 35.0. The van der Waals surface area contributed by atoms with Gasteiger partial charge in [-0.1, -0.05) is 79.2 Å². The van der Waals surface area contributed by atoms with Crippen LogP contribution >= 0.6 is 23.2 Å². The molecule has 0 saturated heterocycles. The van der Waals surface area contributed by atoms with Crippen LogP contribution in [0.15, 0.2) is 146 Å². The normalized spacial score (nSPS) is 12.0. The molecule has 0 fully saturated rings. The van der Waals surface area contributed by atoms with E-state index in [1.165, 1.54) is 37.3 Å². The number of para-hydroxylation sites is 9. The van der Waals surface area contributed by atoms with E-state index in [0.29, 0.717) is 59.2 Å². The maximum atomic E-state index is 12.7. The summed E-state index contributed by atoms with van der Waals surface area (Å²) in [6.45, 7) is 14.1. The Morgan fingerprint density at radius 3 is 1.60 bits per heavy atom. The quantitative estimate of drug-likeness (QED) is 0.0163. The molecular weight excluding hydrogens is 1220 g/mol. The van der Waals surface area contributed by atoms with Gasteiger partial charge in [0, 0.05) is 56.8 Å². The summed E-state index contributed by atoms with van der Waals surface area (Å²) in [5, 5.41) is 42.2. The molecule has 0 bridgehead atoms. The molecule has 85 heavy (non-hydrogen) atoms. The van der Waals surface area contributed by atoms with Crippen molar-refractivity contribution in [3.8, 4) is 0 Å². The fraction of sp³-hybridized carbons (Fsp3) is 0.220. The summed E-state index contributed by atoms with van der Waals surface area (Å²) in [6, 6.07) is 36.9. The molecule has 0 amide bonds. The number of hydrogen-bond donors (Lipinski definition) is 9. The number of carbonyl (C=O) groups is 1. The van der Waals surface area contributed by atoms with Gasteiger partial charge in [0.25, 0.3) is 22.4 Å². The van der Waals surface area contributed by atoms with Gasteiger partial charge in [-0.3, -0.25) is 38.4 Å². The smallest absolute Gasteiger partial charge is 0.332 e. The van der Waals surface area contributed by atoms with Gasteiger partial charge >= 0.3 is 26.1 Å². The SMILES string of the molecule is CCN.CCN1c2ccccc2N(c2ccnc(C)n2)S1(=O)=O.CCN1c2ccccc2NS1(=O)=O.CCNc1ccccc1N.CCNc1ccccc1[N+](=O)[O-].Clc1ccnc(Cl)n1.N.NS(N)(=O)=O.O=CO.O=[N+]([O-])c1ccccc1F. The average molecular weight is 1290 g/mol. The highest BCUT2D eigenvalue weighted by Gasteiger charge is 2.41. The molecule has 0 radical (unpaired) electrons. The molecular formula is C50H68Cl2FN17O12S3. The zero-order chi connectivity index (χ0) is 63.6. The Bertz CT molecular complexity index is 3510. The van der Waals surface area contributed by atoms with Gasteiger partial charge in [0.1, 0.15) is 16.7 Å². The third-order valence-electron chi connectivity index (χ3n) is 9.56. The first-order chi connectivity index (χ1) is 39.6. The Morgan fingerprint density at radius 1 is 0.694 bits per heavy atom. The van der Waals surface area contributed by atoms with Crippen molar-refractivity contribution in [2.45, 2.75) is 41.5 Å². The number of halogens is 3. The van der Waals surface area contributed by atoms with E-state index in [1.54, 1.807) is 80.7 Å². The minimum Gasteiger partial charge on any atom is -0.483 e. The molecule has 15 N–H and O–H groups in total. The summed E-state index contributed by atoms with van der Waals surface area (Å²) in [5.74, 6) is 0.0959. The second kappa shape index (κ2) is 39.0. The van der Waals surface area contributed by atoms with Gasteiger partial charge in [-0.05, 0) is 107 Å². The number of benzene rings is 5. The van der Waals surface area contributed by atoms with Gasteiger partial charge in [0.2, 0.25) is 11.1 Å². The van der Waals surface area contributed by atoms with Crippen LogP contribution in [-0.4, -0.2) is 99.3 Å². The predicted molar refractivity (Wildman–Crippen MR) is 332 cm³/mol. The molecule has 464 valence electrons. The van der Waals surface area contributed by atoms with Crippen molar-refractivity contribution in [2.75, 3.05) is 66.7 Å². The molecule has 7 aromatic rings. The molecule has 0 unspecified atom stereocenters. The van der Waals surface area contributed by atoms with Crippen molar-refractivity contribution in [3.63, 3.8) is 0 Å². The van der Waals surface area contributed by atoms with Gasteiger partial charge in [0.15, 0.2) is 5.82 Å². The number of nitrogens with one attached hydrogen (secondary N) is 3. The number of anilines is 8. The number of carboxylic acid groups (broad SMARTS) is 1. The van der Waals surface area contributed by atoms with Crippen LogP contribution in [-0.2, 0) is 35.4 Å². The van der Waals surface area contributed by atoms with Crippen LogP contribution < -0.4 is 56.2 Å². The Labute approximate surface area is 502 Å². The fourth-order valence-corrected chi connectivity index (χ4v) is 9.82. The highest BCUT2D eigenvalue weighted by molar-refractivity contribution is 7.95. The van der Waals surface area contributed by atoms with Crippen molar-refractivity contribution in [3.05, 3.63) is 188 Å². The molecule has 0 aliphatic carbocycles. The molecule has 0 atom stereocenters. The van der Waals surface area contributed by atoms with E-state index in [-0.39, 0.29) is 23.6 Å². The summed E-state index contributed by atoms with van der Waals surface area (Å²) in [7, 11) is -10.6. The van der Waals surface area contributed by atoms with Crippen LogP contribution in [0.5, 0.6) is 0 Å². The molecule has 2 aliphatic heterocycles. The van der Waals surface area contributed by atoms with Crippen LogP contribution in [0.25, 0.3) is 0 Å². The van der Waals surface area contributed by atoms with Crippen molar-refractivity contribution >= 4 is 117 Å². The molecule has 2 aliphatic rings. The Balaban J connectivity index is 0.000000980. The second-order valence-electron chi connectivity index (χ2n) is 15.6. The lowest BCUT2D eigenvalue weighted by Gasteiger charge is -2.19. The molecule has 0 spiro atoms. The summed E-state index contributed by atoms with van der Waals surface area (Å²) >= 11 is 10.7. The number of hydrogen-bond acceptors (Lipinski definition) is 20. The Morgan fingerprint density at radius 2 is 1.14 bits per heavy atom. The van der Waals surface area contributed by atoms with Crippen LogP contribution in [0.2, 0.25) is 10.4 Å². The van der Waals surface area contributed by atoms with Crippen LogP contribution in [0.3, 0.4) is 0 Å². The van der Waals surface area contributed by atoms with E-state index in [4.69, 9.17) is 44.6 Å². The van der Waals surface area contributed by atoms with Crippen LogP contribution in [0.1, 0.15) is 40.4 Å². The topological polar surface area (TPSA) is 462 Å². The summed E-state index contributed by atoms with van der Waals surface area (Å²) in [5.41, 5.74) is 15.2. The molecule has 9 rings (SSSR count).